The number of nitrogens with one attached hydrogen (secondary N) is 1. The third-order valence-electron chi connectivity index (χ3n) is 7.26. The van der Waals surface area contributed by atoms with Gasteiger partial charge in [-0.2, -0.15) is 5.26 Å². The quantitative estimate of drug-likeness (QED) is 0.787. The highest BCUT2D eigenvalue weighted by Crippen LogP contribution is 2.56. The highest BCUT2D eigenvalue weighted by Gasteiger charge is 2.55. The lowest BCUT2D eigenvalue weighted by Crippen LogP contribution is -2.63. The summed E-state index contributed by atoms with van der Waals surface area (Å²) in [6, 6.07) is 6.41. The molecule has 0 spiro atoms. The van der Waals surface area contributed by atoms with Crippen molar-refractivity contribution >= 4 is 28.4 Å². The molecule has 5 nitrogen and oxygen atoms in total. The number of halogens is 1. The van der Waals surface area contributed by atoms with E-state index in [4.69, 9.17) is 11.6 Å². The average Bonchev–Trinajstić information content (AvgIpc) is 3.09. The van der Waals surface area contributed by atoms with Crippen LogP contribution in [-0.4, -0.2) is 33.0 Å². The molecule has 2 saturated carbocycles. The molecular weight excluding hydrogens is 374 g/mol. The van der Waals surface area contributed by atoms with Crippen LogP contribution in [0, 0.1) is 22.7 Å². The summed E-state index contributed by atoms with van der Waals surface area (Å²) in [5.41, 5.74) is 1.63. The number of nitriles is 1. The lowest BCUT2D eigenvalue weighted by molar-refractivity contribution is -0.153. The first-order valence-corrected chi connectivity index (χ1v) is 10.5. The molecule has 6 rings (SSSR count). The Hall–Kier alpha value is -2.19. The third-order valence-corrected chi connectivity index (χ3v) is 7.64. The predicted molar refractivity (Wildman–Crippen MR) is 107 cm³/mol. The summed E-state index contributed by atoms with van der Waals surface area (Å²) >= 11 is 6.34. The predicted octanol–water partition coefficient (Wildman–Crippen LogP) is 4.70. The SMILES string of the molecule is CC(CC(=O)N1C2CC3CC1CC(C#N)(C3)C2)c1c[nH]c2ccc(O)c(Cl)c12. The second-order valence-electron chi connectivity index (χ2n) is 9.12. The molecule has 3 unspecified atom stereocenters. The van der Waals surface area contributed by atoms with Crippen LogP contribution in [0.25, 0.3) is 10.9 Å². The van der Waals surface area contributed by atoms with Crippen molar-refractivity contribution in [2.24, 2.45) is 11.3 Å². The number of benzene rings is 1. The molecule has 2 aliphatic heterocycles. The van der Waals surface area contributed by atoms with E-state index in [1.54, 1.807) is 12.1 Å². The van der Waals surface area contributed by atoms with Crippen LogP contribution in [-0.2, 0) is 4.79 Å². The summed E-state index contributed by atoms with van der Waals surface area (Å²) in [6.07, 6.45) is 7.10. The van der Waals surface area contributed by atoms with Gasteiger partial charge >= 0.3 is 0 Å². The minimum atomic E-state index is -0.194. The molecule has 6 heteroatoms. The van der Waals surface area contributed by atoms with E-state index in [0.29, 0.717) is 17.4 Å². The van der Waals surface area contributed by atoms with Crippen molar-refractivity contribution in [2.45, 2.75) is 63.5 Å². The Labute approximate surface area is 169 Å². The number of nitrogens with zero attached hydrogens (tertiary/aromatic N) is 2. The number of rotatable bonds is 3. The van der Waals surface area contributed by atoms with Crippen molar-refractivity contribution in [3.05, 3.63) is 28.9 Å². The largest absolute Gasteiger partial charge is 0.506 e. The summed E-state index contributed by atoms with van der Waals surface area (Å²) in [5, 5.41) is 20.8. The van der Waals surface area contributed by atoms with Crippen LogP contribution in [0.15, 0.2) is 18.3 Å². The Morgan fingerprint density at radius 2 is 2.11 bits per heavy atom. The van der Waals surface area contributed by atoms with E-state index >= 15 is 0 Å². The molecule has 28 heavy (non-hydrogen) atoms. The second-order valence-corrected chi connectivity index (χ2v) is 9.50. The average molecular weight is 398 g/mol. The topological polar surface area (TPSA) is 80.1 Å². The fourth-order valence-corrected chi connectivity index (χ4v) is 6.51. The van der Waals surface area contributed by atoms with Gasteiger partial charge < -0.3 is 15.0 Å². The maximum Gasteiger partial charge on any atom is 0.223 e. The van der Waals surface area contributed by atoms with Crippen molar-refractivity contribution in [1.82, 2.24) is 9.88 Å². The molecule has 2 N–H and O–H groups in total. The minimum Gasteiger partial charge on any atom is -0.506 e. The van der Waals surface area contributed by atoms with Crippen LogP contribution in [0.3, 0.4) is 0 Å². The van der Waals surface area contributed by atoms with E-state index in [1.165, 1.54) is 0 Å². The second kappa shape index (κ2) is 6.15. The van der Waals surface area contributed by atoms with Gasteiger partial charge in [0.15, 0.2) is 0 Å². The first-order chi connectivity index (χ1) is 13.4. The van der Waals surface area contributed by atoms with Crippen LogP contribution >= 0.6 is 11.6 Å². The number of carbonyl (C=O) groups excluding carboxylic acids is 1. The Bertz CT molecular complexity index is 991. The summed E-state index contributed by atoms with van der Waals surface area (Å²) in [4.78, 5) is 18.6. The van der Waals surface area contributed by atoms with Crippen LogP contribution in [0.1, 0.15) is 56.9 Å². The number of aromatic hydroxyl groups is 1. The van der Waals surface area contributed by atoms with Gasteiger partial charge in [0.05, 0.1) is 16.5 Å². The summed E-state index contributed by atoms with van der Waals surface area (Å²) in [7, 11) is 0. The number of hydrogen-bond donors (Lipinski definition) is 2. The van der Waals surface area contributed by atoms with E-state index < -0.39 is 0 Å². The highest BCUT2D eigenvalue weighted by atomic mass is 35.5. The molecule has 146 valence electrons. The molecule has 1 aromatic carbocycles. The fourth-order valence-electron chi connectivity index (χ4n) is 6.23. The van der Waals surface area contributed by atoms with E-state index in [2.05, 4.69) is 16.0 Å². The summed E-state index contributed by atoms with van der Waals surface area (Å²) in [6.45, 7) is 2.04. The number of aromatic nitrogens is 1. The normalized spacial score (nSPS) is 31.9. The van der Waals surface area contributed by atoms with Crippen molar-refractivity contribution < 1.29 is 9.90 Å². The summed E-state index contributed by atoms with van der Waals surface area (Å²) < 4.78 is 0. The van der Waals surface area contributed by atoms with Gasteiger partial charge in [0.25, 0.3) is 0 Å². The van der Waals surface area contributed by atoms with E-state index in [-0.39, 0.29) is 35.1 Å². The van der Waals surface area contributed by atoms with Crippen LogP contribution in [0.5, 0.6) is 5.75 Å². The van der Waals surface area contributed by atoms with Crippen LogP contribution in [0.2, 0.25) is 5.02 Å². The van der Waals surface area contributed by atoms with E-state index in [1.807, 2.05) is 13.1 Å². The molecule has 3 atom stereocenters. The number of aromatic amines is 1. The van der Waals surface area contributed by atoms with Gasteiger partial charge in [-0.3, -0.25) is 4.79 Å². The maximum absolute atomic E-state index is 13.3. The Morgan fingerprint density at radius 3 is 2.79 bits per heavy atom. The molecule has 2 aliphatic carbocycles. The van der Waals surface area contributed by atoms with E-state index in [0.717, 1.165) is 48.6 Å². The lowest BCUT2D eigenvalue weighted by Gasteiger charge is -2.59. The minimum absolute atomic E-state index is 0.0114. The summed E-state index contributed by atoms with van der Waals surface area (Å²) in [5.74, 6) is 0.830. The van der Waals surface area contributed by atoms with Gasteiger partial charge in [-0.1, -0.05) is 18.5 Å². The zero-order valence-corrected chi connectivity index (χ0v) is 16.7. The first kappa shape index (κ1) is 17.9. The first-order valence-electron chi connectivity index (χ1n) is 10.1. The lowest BCUT2D eigenvalue weighted by atomic mass is 9.56. The third kappa shape index (κ3) is 2.54. The van der Waals surface area contributed by atoms with Gasteiger partial charge in [0.2, 0.25) is 5.91 Å². The molecule has 4 fully saturated rings. The van der Waals surface area contributed by atoms with Gasteiger partial charge in [-0.15, -0.1) is 0 Å². The Morgan fingerprint density at radius 1 is 1.39 bits per heavy atom. The maximum atomic E-state index is 13.3. The number of phenolic OH excluding ortho intramolecular Hbond substituents is 1. The van der Waals surface area contributed by atoms with Crippen molar-refractivity contribution in [3.63, 3.8) is 0 Å². The molecule has 2 saturated heterocycles. The monoisotopic (exact) mass is 397 g/mol. The highest BCUT2D eigenvalue weighted by molar-refractivity contribution is 6.37. The molecular formula is C22H24ClN3O2. The zero-order valence-electron chi connectivity index (χ0n) is 15.9. The van der Waals surface area contributed by atoms with Gasteiger partial charge in [-0.05, 0) is 61.6 Å². The number of hydrogen-bond acceptors (Lipinski definition) is 3. The molecule has 4 bridgehead atoms. The van der Waals surface area contributed by atoms with Gasteiger partial charge in [0.1, 0.15) is 5.75 Å². The number of phenols is 1. The van der Waals surface area contributed by atoms with Gasteiger partial charge in [0, 0.05) is 35.6 Å². The Balaban J connectivity index is 1.38. The smallest absolute Gasteiger partial charge is 0.223 e. The molecule has 1 amide bonds. The van der Waals surface area contributed by atoms with Gasteiger partial charge in [-0.25, -0.2) is 0 Å². The molecule has 0 radical (unpaired) electrons. The van der Waals surface area contributed by atoms with Crippen molar-refractivity contribution in [2.75, 3.05) is 0 Å². The molecule has 3 heterocycles. The number of H-pyrrole nitrogens is 1. The Kier molecular flexibility index (Phi) is 3.93. The molecule has 2 aromatic rings. The number of carbonyl (C=O) groups is 1. The zero-order chi connectivity index (χ0) is 19.6. The number of fused-ring (bicyclic) bond motifs is 1. The molecule has 4 aliphatic rings. The number of piperidine rings is 2. The fraction of sp³-hybridized carbons (Fsp3) is 0.545. The number of amides is 1. The standard InChI is InChI=1S/C22H24ClN3O2/c1-12(16-10-25-17-2-3-18(27)21(23)20(16)17)4-19(28)26-14-5-13-6-15(26)9-22(7-13,8-14)11-24/h2-3,10,12-15,25,27H,4-9H2,1H3. The molecule has 1 aromatic heterocycles. The van der Waals surface area contributed by atoms with Crippen LogP contribution < -0.4 is 0 Å². The van der Waals surface area contributed by atoms with Crippen molar-refractivity contribution in [1.29, 1.82) is 5.26 Å². The van der Waals surface area contributed by atoms with E-state index in [9.17, 15) is 15.2 Å². The van der Waals surface area contributed by atoms with Crippen LogP contribution in [0.4, 0.5) is 0 Å². The van der Waals surface area contributed by atoms with Crippen molar-refractivity contribution in [3.8, 4) is 11.8 Å².